The number of guanidine groups is 2. The van der Waals surface area contributed by atoms with Crippen LogP contribution in [0.5, 0.6) is 0 Å². The number of para-hydroxylation sites is 1. The molecule has 8 amide bonds. The molecule has 67 heavy (non-hydrogen) atoms. The highest BCUT2D eigenvalue weighted by Gasteiger charge is 2.33. The number of fused-ring (bicyclic) bond motifs is 1. The summed E-state index contributed by atoms with van der Waals surface area (Å²) in [5.41, 5.74) is 23.1. The minimum absolute atomic E-state index is 0.00363. The highest BCUT2D eigenvalue weighted by Crippen LogP contribution is 2.19. The van der Waals surface area contributed by atoms with E-state index >= 15 is 0 Å². The molecule has 0 bridgehead atoms. The second kappa shape index (κ2) is 27.7. The Balaban J connectivity index is 2.17. The zero-order chi connectivity index (χ0) is 50.4. The topological polar surface area (TPSA) is 470 Å². The van der Waals surface area contributed by atoms with E-state index in [1.165, 1.54) is 20.8 Å². The molecule has 8 atom stereocenters. The number of nitrogens with two attached hydrogens (primary N) is 4. The van der Waals surface area contributed by atoms with Gasteiger partial charge in [0.25, 0.3) is 0 Å². The predicted molar refractivity (Wildman–Crippen MR) is 242 cm³/mol. The number of carbonyl (C=O) groups is 9. The Morgan fingerprint density at radius 1 is 0.612 bits per heavy atom. The van der Waals surface area contributed by atoms with E-state index in [4.69, 9.17) is 33.8 Å². The van der Waals surface area contributed by atoms with E-state index in [1.807, 2.05) is 0 Å². The first-order valence-electron chi connectivity index (χ1n) is 21.2. The summed E-state index contributed by atoms with van der Waals surface area (Å²) in [5.74, 6) is -9.22. The van der Waals surface area contributed by atoms with E-state index in [9.17, 15) is 53.4 Å². The van der Waals surface area contributed by atoms with Gasteiger partial charge in [-0.1, -0.05) is 18.2 Å². The molecule has 0 saturated carbocycles. The molecule has 1 unspecified atom stereocenters. The number of carbonyl (C=O) groups excluding carboxylic acids is 8. The molecule has 0 aliphatic heterocycles. The first kappa shape index (κ1) is 55.6. The molecule has 1 heterocycles. The van der Waals surface area contributed by atoms with Crippen LogP contribution in [-0.4, -0.2) is 148 Å². The van der Waals surface area contributed by atoms with Gasteiger partial charge in [-0.2, -0.15) is 0 Å². The van der Waals surface area contributed by atoms with E-state index in [0.29, 0.717) is 5.56 Å². The van der Waals surface area contributed by atoms with E-state index in [0.717, 1.165) is 10.9 Å². The lowest BCUT2D eigenvalue weighted by molar-refractivity contribution is -0.142. The largest absolute Gasteiger partial charge is 0.480 e. The van der Waals surface area contributed by atoms with Crippen molar-refractivity contribution in [2.75, 3.05) is 19.7 Å². The second-order valence-electron chi connectivity index (χ2n) is 15.6. The third-order valence-corrected chi connectivity index (χ3v) is 10.00. The fraction of sp³-hybridized carbons (Fsp3) is 0.525. The SMILES string of the molecule is C[C@H](N)C(=O)N[C@@H](CCCNC(=N)N)C(=O)N[C@@H](CCC(N)=O)C(=O)N[C@@H](CCCNC(=N)N)C(=O)N[C@@H](C)C(=O)N[C@@H](CO)C(=O)N[C@@H](C)C(=O)NC(Cc1c[nH]c2ccccc12)C(=O)O. The first-order valence-corrected chi connectivity index (χ1v) is 21.2. The van der Waals surface area contributed by atoms with Crippen molar-refractivity contribution in [3.05, 3.63) is 36.0 Å². The van der Waals surface area contributed by atoms with Gasteiger partial charge in [0.1, 0.15) is 42.3 Å². The minimum Gasteiger partial charge on any atom is -0.480 e. The number of aromatic nitrogens is 1. The molecule has 0 radical (unpaired) electrons. The van der Waals surface area contributed by atoms with Crippen LogP contribution in [0.2, 0.25) is 0 Å². The van der Waals surface area contributed by atoms with E-state index < -0.39 is 115 Å². The van der Waals surface area contributed by atoms with Crippen molar-refractivity contribution in [3.8, 4) is 0 Å². The quantitative estimate of drug-likeness (QED) is 0.0205. The molecule has 1 aromatic heterocycles. The highest BCUT2D eigenvalue weighted by atomic mass is 16.4. The number of carboxylic acid groups (broad SMARTS) is 1. The number of aromatic amines is 1. The fourth-order valence-corrected chi connectivity index (χ4v) is 6.27. The summed E-state index contributed by atoms with van der Waals surface area (Å²) < 4.78 is 0. The standard InChI is InChI=1S/C40H64N16O11/c1-19(41)31(59)52-26(11-7-15-48-40(45)46)35(63)54-27(12-13-30(42)58)36(64)53-25(10-6-14-47-39(43)44)34(62)50-21(3)33(61)56-29(18-57)37(65)51-20(2)32(60)55-28(38(66)67)16-22-17-49-24-9-5-4-8-23(22)24/h4-5,8-9,17,19-21,25-29,49,57H,6-7,10-16,18,41H2,1-3H3,(H2,42,58)(H,50,62)(H,51,65)(H,52,59)(H,53,64)(H,54,63)(H,55,60)(H,56,61)(H,66,67)(H4,43,44,47)(H4,45,46,48)/t19-,20-,21-,25-,26-,27-,28?,29-/m0/s1. The molecule has 2 rings (SSSR count). The lowest BCUT2D eigenvalue weighted by atomic mass is 10.0. The molecule has 2 aromatic rings. The molecule has 0 saturated heterocycles. The van der Waals surface area contributed by atoms with Crippen molar-refractivity contribution in [2.24, 2.45) is 22.9 Å². The molecular formula is C40H64N16O11. The molecule has 1 aromatic carbocycles. The Morgan fingerprint density at radius 2 is 1.04 bits per heavy atom. The number of primary amides is 1. The van der Waals surface area contributed by atoms with Gasteiger partial charge in [0, 0.05) is 43.0 Å². The monoisotopic (exact) mass is 944 g/mol. The number of aliphatic hydroxyl groups is 1. The fourth-order valence-electron chi connectivity index (χ4n) is 6.27. The van der Waals surface area contributed by atoms with Crippen molar-refractivity contribution in [1.82, 2.24) is 52.8 Å². The van der Waals surface area contributed by atoms with Gasteiger partial charge in [-0.25, -0.2) is 4.79 Å². The maximum absolute atomic E-state index is 13.8. The number of nitrogens with one attached hydrogen (secondary N) is 12. The van der Waals surface area contributed by atoms with Gasteiger partial charge in [-0.15, -0.1) is 0 Å². The summed E-state index contributed by atoms with van der Waals surface area (Å²) in [7, 11) is 0. The van der Waals surface area contributed by atoms with Crippen molar-refractivity contribution in [2.45, 2.75) is 114 Å². The molecule has 22 N–H and O–H groups in total. The number of hydrogen-bond donors (Lipinski definition) is 18. The zero-order valence-corrected chi connectivity index (χ0v) is 37.5. The third-order valence-electron chi connectivity index (χ3n) is 10.00. The van der Waals surface area contributed by atoms with Crippen LogP contribution in [0.15, 0.2) is 30.5 Å². The van der Waals surface area contributed by atoms with Crippen LogP contribution in [0.4, 0.5) is 0 Å². The number of carboxylic acids is 1. The highest BCUT2D eigenvalue weighted by molar-refractivity contribution is 5.97. The average Bonchev–Trinajstić information content (AvgIpc) is 3.67. The lowest BCUT2D eigenvalue weighted by Gasteiger charge is -2.26. The lowest BCUT2D eigenvalue weighted by Crippen LogP contribution is -2.60. The minimum atomic E-state index is -1.65. The van der Waals surface area contributed by atoms with Gasteiger partial charge in [0.15, 0.2) is 11.9 Å². The Bertz CT molecular complexity index is 2100. The van der Waals surface area contributed by atoms with Gasteiger partial charge in [0.05, 0.1) is 12.6 Å². The van der Waals surface area contributed by atoms with E-state index in [1.54, 1.807) is 30.5 Å². The number of rotatable bonds is 29. The van der Waals surface area contributed by atoms with Crippen molar-refractivity contribution in [3.63, 3.8) is 0 Å². The number of H-pyrrole nitrogens is 1. The van der Waals surface area contributed by atoms with Gasteiger partial charge in [-0.3, -0.25) is 49.2 Å². The van der Waals surface area contributed by atoms with Crippen LogP contribution in [-0.2, 0) is 49.6 Å². The van der Waals surface area contributed by atoms with Crippen LogP contribution < -0.4 is 70.8 Å². The summed E-state index contributed by atoms with van der Waals surface area (Å²) >= 11 is 0. The molecule has 0 aliphatic rings. The van der Waals surface area contributed by atoms with Crippen molar-refractivity contribution >= 4 is 76.0 Å². The van der Waals surface area contributed by atoms with Gasteiger partial charge in [-0.05, 0) is 64.5 Å². The number of aliphatic carboxylic acids is 1. The molecule has 0 aliphatic carbocycles. The number of benzene rings is 1. The summed E-state index contributed by atoms with van der Waals surface area (Å²) in [4.78, 5) is 120. The smallest absolute Gasteiger partial charge is 0.326 e. The Morgan fingerprint density at radius 3 is 1.51 bits per heavy atom. The van der Waals surface area contributed by atoms with Gasteiger partial charge < -0.3 is 86.0 Å². The van der Waals surface area contributed by atoms with Gasteiger partial charge in [0.2, 0.25) is 47.3 Å². The summed E-state index contributed by atoms with van der Waals surface area (Å²) in [5, 5.41) is 57.2. The molecule has 0 spiro atoms. The summed E-state index contributed by atoms with van der Waals surface area (Å²) in [6.07, 6.45) is 0.997. The van der Waals surface area contributed by atoms with Gasteiger partial charge >= 0.3 is 5.97 Å². The molecule has 0 fully saturated rings. The van der Waals surface area contributed by atoms with Crippen LogP contribution in [0.25, 0.3) is 10.9 Å². The van der Waals surface area contributed by atoms with E-state index in [-0.39, 0.29) is 63.5 Å². The van der Waals surface area contributed by atoms with Crippen LogP contribution in [0.3, 0.4) is 0 Å². The third kappa shape index (κ3) is 19.6. The Kier molecular flexibility index (Phi) is 23.0. The second-order valence-corrected chi connectivity index (χ2v) is 15.6. The van der Waals surface area contributed by atoms with Crippen LogP contribution in [0.1, 0.15) is 64.9 Å². The molecular weight excluding hydrogens is 881 g/mol. The van der Waals surface area contributed by atoms with E-state index in [2.05, 4.69) is 52.8 Å². The number of aliphatic hydroxyl groups excluding tert-OH is 1. The van der Waals surface area contributed by atoms with Crippen molar-refractivity contribution < 1.29 is 53.4 Å². The molecule has 27 nitrogen and oxygen atoms in total. The molecule has 27 heteroatoms. The molecule has 370 valence electrons. The van der Waals surface area contributed by atoms with Crippen molar-refractivity contribution in [1.29, 1.82) is 10.8 Å². The number of hydrogen-bond acceptors (Lipinski definition) is 13. The Hall–Kier alpha value is -7.55. The summed E-state index contributed by atoms with van der Waals surface area (Å²) in [6, 6.07) is -3.83. The number of amides is 8. The van der Waals surface area contributed by atoms with Crippen LogP contribution >= 0.6 is 0 Å². The predicted octanol–water partition coefficient (Wildman–Crippen LogP) is -5.64. The first-order chi connectivity index (χ1) is 31.5. The maximum atomic E-state index is 13.8. The zero-order valence-electron chi connectivity index (χ0n) is 37.5. The summed E-state index contributed by atoms with van der Waals surface area (Å²) in [6.45, 7) is 3.13. The Labute approximate surface area is 385 Å². The average molecular weight is 945 g/mol. The maximum Gasteiger partial charge on any atom is 0.326 e. The van der Waals surface area contributed by atoms with Crippen LogP contribution in [0, 0.1) is 10.8 Å². The normalized spacial score (nSPS) is 14.5.